The molecule has 0 spiro atoms. The molecular formula is C17H15N5O5. The number of nitrogens with one attached hydrogen (secondary N) is 1. The van der Waals surface area contributed by atoms with Gasteiger partial charge in [0.15, 0.2) is 11.7 Å². The van der Waals surface area contributed by atoms with Crippen molar-refractivity contribution in [3.05, 3.63) is 36.4 Å². The first-order chi connectivity index (χ1) is 13.0. The van der Waals surface area contributed by atoms with Crippen LogP contribution in [0.4, 0.5) is 16.3 Å². The maximum absolute atomic E-state index is 12.7. The molecule has 0 saturated carbocycles. The second-order valence-corrected chi connectivity index (χ2v) is 5.36. The van der Waals surface area contributed by atoms with Gasteiger partial charge in [-0.2, -0.15) is 0 Å². The summed E-state index contributed by atoms with van der Waals surface area (Å²) in [5.74, 6) is -1.85. The number of ether oxygens (including phenoxy) is 2. The molecule has 0 bridgehead atoms. The van der Waals surface area contributed by atoms with Crippen LogP contribution < -0.4 is 19.7 Å². The van der Waals surface area contributed by atoms with E-state index in [0.29, 0.717) is 11.6 Å². The highest BCUT2D eigenvalue weighted by atomic mass is 16.5. The highest BCUT2D eigenvalue weighted by molar-refractivity contribution is 6.32. The second kappa shape index (κ2) is 7.60. The zero-order valence-electron chi connectivity index (χ0n) is 14.4. The fraction of sp³-hybridized carbons (Fsp3) is 0.176. The van der Waals surface area contributed by atoms with E-state index in [-0.39, 0.29) is 11.5 Å². The van der Waals surface area contributed by atoms with Crippen molar-refractivity contribution in [2.45, 2.75) is 0 Å². The van der Waals surface area contributed by atoms with Gasteiger partial charge in [-0.3, -0.25) is 14.9 Å². The van der Waals surface area contributed by atoms with E-state index in [9.17, 15) is 14.4 Å². The number of imide groups is 2. The summed E-state index contributed by atoms with van der Waals surface area (Å²) >= 11 is 0. The molecule has 1 aliphatic heterocycles. The van der Waals surface area contributed by atoms with E-state index >= 15 is 0 Å². The minimum absolute atomic E-state index is 0.182. The Kier molecular flexibility index (Phi) is 5.06. The normalized spacial score (nSPS) is 17.2. The largest absolute Gasteiger partial charge is 0.497 e. The van der Waals surface area contributed by atoms with E-state index in [2.05, 4.69) is 20.5 Å². The van der Waals surface area contributed by atoms with Crippen LogP contribution in [0.2, 0.25) is 0 Å². The van der Waals surface area contributed by atoms with Crippen LogP contribution in [0.15, 0.2) is 41.4 Å². The smallest absolute Gasteiger partial charge is 0.335 e. The van der Waals surface area contributed by atoms with Gasteiger partial charge in [0.25, 0.3) is 5.91 Å². The number of aromatic nitrogens is 2. The fourth-order valence-corrected chi connectivity index (χ4v) is 2.36. The molecule has 0 aliphatic carbocycles. The monoisotopic (exact) mass is 369 g/mol. The number of urea groups is 1. The molecule has 3 rings (SSSR count). The second-order valence-electron chi connectivity index (χ2n) is 5.36. The third kappa shape index (κ3) is 3.73. The molecule has 1 atom stereocenters. The minimum Gasteiger partial charge on any atom is -0.497 e. The standard InChI is InChI=1S/C17H15N5O5/c1-26-11-5-3-4-10(8-11)22-16(24)12(15(23)19-17(22)25)9-18-13-6-7-14(27-2)21-20-13/h3-9,12H,1-2H3,(H,19,23,25)/t12-/m1/s1. The van der Waals surface area contributed by atoms with Crippen molar-refractivity contribution >= 4 is 35.6 Å². The average Bonchev–Trinajstić information content (AvgIpc) is 2.68. The van der Waals surface area contributed by atoms with Gasteiger partial charge in [0.2, 0.25) is 11.8 Å². The van der Waals surface area contributed by atoms with E-state index in [0.717, 1.165) is 11.1 Å². The van der Waals surface area contributed by atoms with Gasteiger partial charge in [0.1, 0.15) is 5.75 Å². The Morgan fingerprint density at radius 3 is 2.59 bits per heavy atom. The average molecular weight is 369 g/mol. The Hall–Kier alpha value is -3.82. The summed E-state index contributed by atoms with van der Waals surface area (Å²) < 4.78 is 9.99. The summed E-state index contributed by atoms with van der Waals surface area (Å²) in [5, 5.41) is 9.67. The maximum Gasteiger partial charge on any atom is 0.335 e. The molecule has 27 heavy (non-hydrogen) atoms. The van der Waals surface area contributed by atoms with E-state index in [1.807, 2.05) is 0 Å². The van der Waals surface area contributed by atoms with Gasteiger partial charge in [0.05, 0.1) is 19.9 Å². The Bertz CT molecular complexity index is 912. The van der Waals surface area contributed by atoms with Crippen LogP contribution >= 0.6 is 0 Å². The molecule has 0 radical (unpaired) electrons. The lowest BCUT2D eigenvalue weighted by Gasteiger charge is -2.28. The van der Waals surface area contributed by atoms with Crippen molar-refractivity contribution < 1.29 is 23.9 Å². The first-order valence-electron chi connectivity index (χ1n) is 7.78. The number of amides is 4. The predicted octanol–water partition coefficient (Wildman–Crippen LogP) is 1.10. The number of hydrogen-bond acceptors (Lipinski definition) is 8. The zero-order chi connectivity index (χ0) is 19.4. The molecular weight excluding hydrogens is 354 g/mol. The van der Waals surface area contributed by atoms with Crippen LogP contribution in [-0.2, 0) is 9.59 Å². The molecule has 10 nitrogen and oxygen atoms in total. The molecule has 4 amide bonds. The number of methoxy groups -OCH3 is 2. The van der Waals surface area contributed by atoms with E-state index in [1.54, 1.807) is 18.2 Å². The van der Waals surface area contributed by atoms with Gasteiger partial charge in [-0.25, -0.2) is 14.7 Å². The van der Waals surface area contributed by atoms with E-state index in [1.165, 1.54) is 32.4 Å². The van der Waals surface area contributed by atoms with Gasteiger partial charge >= 0.3 is 6.03 Å². The number of hydrogen-bond donors (Lipinski definition) is 1. The highest BCUT2D eigenvalue weighted by Gasteiger charge is 2.40. The zero-order valence-corrected chi connectivity index (χ0v) is 14.4. The number of barbiturate groups is 1. The van der Waals surface area contributed by atoms with Crippen LogP contribution in [0.25, 0.3) is 0 Å². The van der Waals surface area contributed by atoms with Gasteiger partial charge < -0.3 is 9.47 Å². The van der Waals surface area contributed by atoms with Gasteiger partial charge in [-0.15, -0.1) is 10.2 Å². The lowest BCUT2D eigenvalue weighted by Crippen LogP contribution is -2.58. The van der Waals surface area contributed by atoms with Crippen molar-refractivity contribution in [1.29, 1.82) is 0 Å². The molecule has 1 aromatic carbocycles. The van der Waals surface area contributed by atoms with Crippen molar-refractivity contribution in [2.24, 2.45) is 10.9 Å². The number of benzene rings is 1. The van der Waals surface area contributed by atoms with E-state index < -0.39 is 23.8 Å². The summed E-state index contributed by atoms with van der Waals surface area (Å²) in [4.78, 5) is 41.8. The molecule has 1 fully saturated rings. The SMILES string of the molecule is COc1cccc(N2C(=O)NC(=O)[C@@H](C=Nc3ccc(OC)nn3)C2=O)c1. The van der Waals surface area contributed by atoms with Crippen LogP contribution in [0.3, 0.4) is 0 Å². The molecule has 2 heterocycles. The predicted molar refractivity (Wildman–Crippen MR) is 94.2 cm³/mol. The molecule has 10 heteroatoms. The Morgan fingerprint density at radius 1 is 1.11 bits per heavy atom. The molecule has 138 valence electrons. The fourth-order valence-electron chi connectivity index (χ4n) is 2.36. The number of rotatable bonds is 5. The number of nitrogens with zero attached hydrogens (tertiary/aromatic N) is 4. The van der Waals surface area contributed by atoms with Crippen molar-refractivity contribution in [3.8, 4) is 11.6 Å². The Morgan fingerprint density at radius 2 is 1.93 bits per heavy atom. The highest BCUT2D eigenvalue weighted by Crippen LogP contribution is 2.24. The quantitative estimate of drug-likeness (QED) is 0.618. The summed E-state index contributed by atoms with van der Waals surface area (Å²) in [5.41, 5.74) is 0.270. The van der Waals surface area contributed by atoms with Gasteiger partial charge in [-0.05, 0) is 18.2 Å². The number of carbonyl (C=O) groups is 3. The summed E-state index contributed by atoms with van der Waals surface area (Å²) in [6.45, 7) is 0. The Labute approximate surface area is 153 Å². The molecule has 1 aromatic heterocycles. The van der Waals surface area contributed by atoms with E-state index in [4.69, 9.17) is 9.47 Å². The number of carbonyl (C=O) groups excluding carboxylic acids is 3. The van der Waals surface area contributed by atoms with Crippen LogP contribution in [-0.4, -0.2) is 48.5 Å². The van der Waals surface area contributed by atoms with Crippen LogP contribution in [0.1, 0.15) is 0 Å². The summed E-state index contributed by atoms with van der Waals surface area (Å²) in [7, 11) is 2.91. The molecule has 1 saturated heterocycles. The third-order valence-corrected chi connectivity index (χ3v) is 3.70. The molecule has 0 unspecified atom stereocenters. The minimum atomic E-state index is -1.29. The first-order valence-corrected chi connectivity index (χ1v) is 7.78. The lowest BCUT2D eigenvalue weighted by molar-refractivity contribution is -0.131. The number of anilines is 1. The van der Waals surface area contributed by atoms with Crippen LogP contribution in [0, 0.1) is 5.92 Å². The first kappa shape index (κ1) is 18.0. The Balaban J connectivity index is 1.86. The van der Waals surface area contributed by atoms with Crippen LogP contribution in [0.5, 0.6) is 11.6 Å². The van der Waals surface area contributed by atoms with Crippen molar-refractivity contribution in [3.63, 3.8) is 0 Å². The number of aliphatic imine (C=N–C) groups is 1. The van der Waals surface area contributed by atoms with Crippen molar-refractivity contribution in [2.75, 3.05) is 19.1 Å². The van der Waals surface area contributed by atoms with Gasteiger partial charge in [-0.1, -0.05) is 6.07 Å². The lowest BCUT2D eigenvalue weighted by atomic mass is 10.1. The summed E-state index contributed by atoms with van der Waals surface area (Å²) in [6, 6.07) is 8.57. The summed E-state index contributed by atoms with van der Waals surface area (Å²) in [6.07, 6.45) is 1.12. The topological polar surface area (TPSA) is 123 Å². The molecule has 1 N–H and O–H groups in total. The maximum atomic E-state index is 12.7. The van der Waals surface area contributed by atoms with Gasteiger partial charge in [0, 0.05) is 18.3 Å². The third-order valence-electron chi connectivity index (χ3n) is 3.70. The molecule has 2 aromatic rings. The molecule has 1 aliphatic rings. The van der Waals surface area contributed by atoms with Crippen molar-refractivity contribution in [1.82, 2.24) is 15.5 Å².